The third-order valence-electron chi connectivity index (χ3n) is 12.4. The van der Waals surface area contributed by atoms with Crippen molar-refractivity contribution in [3.8, 4) is 28.7 Å². The van der Waals surface area contributed by atoms with Crippen molar-refractivity contribution >= 4 is 28.6 Å². The molecule has 1 spiro atoms. The minimum atomic E-state index is -1.20. The molecule has 5 N–H and O–H groups in total. The molecule has 11 rings (SSSR count). The van der Waals surface area contributed by atoms with Crippen molar-refractivity contribution < 1.29 is 39.1 Å². The number of benzene rings is 3. The molecule has 1 aromatic heterocycles. The van der Waals surface area contributed by atoms with Gasteiger partial charge in [0.2, 0.25) is 6.79 Å². The van der Waals surface area contributed by atoms with Gasteiger partial charge in [-0.15, -0.1) is 11.8 Å². The number of aliphatic hydroxyl groups is 1. The van der Waals surface area contributed by atoms with Crippen LogP contribution >= 0.6 is 11.8 Å². The SMILES string of the molecule is COc1c(C)cc2c(c1O)C1C3[C@@H]4SC[C@]5(NCCc6c5[nH]c5ccccc65)C(=O)OC[C@@H](c5c6c(c(C)c(O)c54)OCO6)N3[C@@H](O)C(C2)N1C. The number of H-pyrrole nitrogens is 1. The van der Waals surface area contributed by atoms with Crippen LogP contribution < -0.4 is 19.5 Å². The van der Waals surface area contributed by atoms with Crippen molar-refractivity contribution in [3.05, 3.63) is 75.0 Å². The lowest BCUT2D eigenvalue weighted by Crippen LogP contribution is -2.70. The van der Waals surface area contributed by atoms with Crippen LogP contribution in [0, 0.1) is 13.8 Å². The van der Waals surface area contributed by atoms with Gasteiger partial charge < -0.3 is 39.3 Å². The summed E-state index contributed by atoms with van der Waals surface area (Å²) in [5.41, 5.74) is 6.10. The van der Waals surface area contributed by atoms with Crippen molar-refractivity contribution in [2.75, 3.05) is 39.9 Å². The van der Waals surface area contributed by atoms with E-state index in [0.717, 1.165) is 45.3 Å². The third-order valence-corrected chi connectivity index (χ3v) is 13.9. The van der Waals surface area contributed by atoms with E-state index in [-0.39, 0.29) is 36.7 Å². The van der Waals surface area contributed by atoms with E-state index >= 15 is 0 Å². The molecule has 7 aliphatic rings. The molecule has 3 aromatic carbocycles. The van der Waals surface area contributed by atoms with Crippen LogP contribution in [0.4, 0.5) is 0 Å². The molecule has 2 fully saturated rings. The summed E-state index contributed by atoms with van der Waals surface area (Å²) >= 11 is 1.55. The number of nitrogens with zero attached hydrogens (tertiary/aromatic N) is 2. The van der Waals surface area contributed by atoms with E-state index < -0.39 is 41.1 Å². The first-order chi connectivity index (χ1) is 24.7. The van der Waals surface area contributed by atoms with Crippen molar-refractivity contribution in [2.45, 2.75) is 67.9 Å². The number of phenolic OH excluding ortho intramolecular Hbond substituents is 2. The number of esters is 1. The molecule has 0 amide bonds. The molecular formula is C38H40N4O8S. The average molecular weight is 713 g/mol. The molecule has 7 aliphatic heterocycles. The zero-order chi connectivity index (χ0) is 35.1. The Morgan fingerprint density at radius 2 is 1.86 bits per heavy atom. The van der Waals surface area contributed by atoms with Crippen LogP contribution in [-0.4, -0.2) is 94.2 Å². The van der Waals surface area contributed by atoms with Gasteiger partial charge in [-0.2, -0.15) is 0 Å². The highest BCUT2D eigenvalue weighted by atomic mass is 32.2. The zero-order valence-electron chi connectivity index (χ0n) is 28.8. The maximum Gasteiger partial charge on any atom is 0.333 e. The molecule has 266 valence electrons. The number of phenols is 2. The molecule has 13 heteroatoms. The number of aromatic amines is 1. The lowest BCUT2D eigenvalue weighted by molar-refractivity contribution is -0.186. The van der Waals surface area contributed by atoms with Crippen molar-refractivity contribution in [1.29, 1.82) is 0 Å². The van der Waals surface area contributed by atoms with E-state index in [0.29, 0.717) is 46.9 Å². The van der Waals surface area contributed by atoms with E-state index in [9.17, 15) is 20.1 Å². The summed E-state index contributed by atoms with van der Waals surface area (Å²) in [6.07, 6.45) is 0.276. The second-order valence-electron chi connectivity index (χ2n) is 14.7. The number of carbonyl (C=O) groups is 1. The predicted molar refractivity (Wildman–Crippen MR) is 189 cm³/mol. The molecule has 2 saturated heterocycles. The fourth-order valence-electron chi connectivity index (χ4n) is 10.1. The average Bonchev–Trinajstić information content (AvgIpc) is 3.77. The molecular weight excluding hydrogens is 673 g/mol. The molecule has 12 nitrogen and oxygen atoms in total. The van der Waals surface area contributed by atoms with Gasteiger partial charge in [0.25, 0.3) is 0 Å². The van der Waals surface area contributed by atoms with Gasteiger partial charge in [0.05, 0.1) is 36.2 Å². The number of hydrogen-bond acceptors (Lipinski definition) is 12. The largest absolute Gasteiger partial charge is 0.507 e. The number of para-hydroxylation sites is 1. The summed E-state index contributed by atoms with van der Waals surface area (Å²) in [4.78, 5) is 22.4. The Labute approximate surface area is 298 Å². The number of methoxy groups -OCH3 is 1. The Morgan fingerprint density at radius 1 is 1.06 bits per heavy atom. The Balaban J connectivity index is 1.22. The number of thioether (sulfide) groups is 1. The van der Waals surface area contributed by atoms with E-state index in [1.165, 1.54) is 0 Å². The first-order valence-electron chi connectivity index (χ1n) is 17.5. The molecule has 51 heavy (non-hydrogen) atoms. The number of aromatic nitrogens is 1. The van der Waals surface area contributed by atoms with Crippen molar-refractivity contribution in [1.82, 2.24) is 20.1 Å². The van der Waals surface area contributed by atoms with Gasteiger partial charge in [0.15, 0.2) is 28.5 Å². The number of ether oxygens (including phenoxy) is 4. The van der Waals surface area contributed by atoms with E-state index in [2.05, 4.69) is 32.2 Å². The molecule has 0 saturated carbocycles. The number of nitrogens with one attached hydrogen (secondary N) is 2. The van der Waals surface area contributed by atoms with Gasteiger partial charge in [0.1, 0.15) is 18.6 Å². The Hall–Kier alpha value is -4.14. The molecule has 4 bridgehead atoms. The van der Waals surface area contributed by atoms with Crippen LogP contribution in [-0.2, 0) is 27.9 Å². The number of rotatable bonds is 1. The minimum Gasteiger partial charge on any atom is -0.507 e. The summed E-state index contributed by atoms with van der Waals surface area (Å²) in [5.74, 6) is 1.44. The Bertz CT molecular complexity index is 2170. The van der Waals surface area contributed by atoms with Gasteiger partial charge in [-0.05, 0) is 56.5 Å². The number of carbonyl (C=O) groups excluding carboxylic acids is 1. The Morgan fingerprint density at radius 3 is 2.69 bits per heavy atom. The topological polar surface area (TPSA) is 149 Å². The molecule has 8 heterocycles. The van der Waals surface area contributed by atoms with Gasteiger partial charge in [-0.25, -0.2) is 4.79 Å². The molecule has 7 atom stereocenters. The van der Waals surface area contributed by atoms with Gasteiger partial charge >= 0.3 is 5.97 Å². The number of piperazine rings is 1. The number of aromatic hydroxyl groups is 2. The lowest BCUT2D eigenvalue weighted by atomic mass is 9.73. The van der Waals surface area contributed by atoms with Crippen LogP contribution in [0.2, 0.25) is 0 Å². The van der Waals surface area contributed by atoms with Crippen LogP contribution in [0.25, 0.3) is 10.9 Å². The maximum atomic E-state index is 14.6. The van der Waals surface area contributed by atoms with Gasteiger partial charge in [-0.3, -0.25) is 15.1 Å². The fraction of sp³-hybridized carbons (Fsp3) is 0.447. The first-order valence-corrected chi connectivity index (χ1v) is 18.6. The number of likely N-dealkylation sites (N-methyl/N-ethyl adjacent to an activating group) is 1. The summed E-state index contributed by atoms with van der Waals surface area (Å²) in [6, 6.07) is 8.24. The van der Waals surface area contributed by atoms with E-state index in [1.54, 1.807) is 18.9 Å². The van der Waals surface area contributed by atoms with E-state index in [1.807, 2.05) is 39.1 Å². The molecule has 4 aromatic rings. The number of aliphatic hydroxyl groups excluding tert-OH is 1. The normalized spacial score (nSPS) is 30.8. The van der Waals surface area contributed by atoms with Crippen molar-refractivity contribution in [2.24, 2.45) is 0 Å². The summed E-state index contributed by atoms with van der Waals surface area (Å²) in [5, 5.41) is 40.7. The molecule has 3 unspecified atom stereocenters. The highest BCUT2D eigenvalue weighted by molar-refractivity contribution is 7.99. The van der Waals surface area contributed by atoms with Crippen LogP contribution in [0.15, 0.2) is 30.3 Å². The predicted octanol–water partition coefficient (Wildman–Crippen LogP) is 3.96. The quantitative estimate of drug-likeness (QED) is 0.182. The highest BCUT2D eigenvalue weighted by Crippen LogP contribution is 2.64. The zero-order valence-corrected chi connectivity index (χ0v) is 29.6. The van der Waals surface area contributed by atoms with Crippen LogP contribution in [0.1, 0.15) is 62.0 Å². The molecule has 0 radical (unpaired) electrons. The van der Waals surface area contributed by atoms with Crippen LogP contribution in [0.3, 0.4) is 0 Å². The number of aryl methyl sites for hydroxylation is 1. The third kappa shape index (κ3) is 3.98. The highest BCUT2D eigenvalue weighted by Gasteiger charge is 2.61. The standard InChI is InChI=1S/C38H40N4O8S/c1-16-11-18-12-22-36(45)42-23-13-48-37(46)38(35-20(9-10-39-38)19-7-5-6-8-21(19)40-35)14-51-34(26-25(23)33-32(49-15-50-33)17(2)29(26)43)28(42)27(41(22)3)24(18)30(44)31(16)47-4/h5-8,11,22-23,27-28,34,36,39-40,43-45H,9-10,12-15H2,1-4H3/t22?,23-,27?,28?,34+,36-,38+/m0/s1. The smallest absolute Gasteiger partial charge is 0.333 e. The van der Waals surface area contributed by atoms with Gasteiger partial charge in [-0.1, -0.05) is 24.3 Å². The summed E-state index contributed by atoms with van der Waals surface area (Å²) < 4.78 is 24.2. The second kappa shape index (κ2) is 10.9. The lowest BCUT2D eigenvalue weighted by Gasteiger charge is -2.62. The maximum absolute atomic E-state index is 14.6. The summed E-state index contributed by atoms with van der Waals surface area (Å²) in [6.45, 7) is 4.21. The molecule has 0 aliphatic carbocycles. The Kier molecular flexibility index (Phi) is 6.77. The second-order valence-corrected chi connectivity index (χ2v) is 15.8. The van der Waals surface area contributed by atoms with Crippen LogP contribution in [0.5, 0.6) is 28.7 Å². The summed E-state index contributed by atoms with van der Waals surface area (Å²) in [7, 11) is 3.55. The van der Waals surface area contributed by atoms with E-state index in [4.69, 9.17) is 18.9 Å². The van der Waals surface area contributed by atoms with Gasteiger partial charge in [0, 0.05) is 51.5 Å². The monoisotopic (exact) mass is 712 g/mol. The van der Waals surface area contributed by atoms with Crippen molar-refractivity contribution in [3.63, 3.8) is 0 Å². The number of fused-ring (bicyclic) bond motifs is 11. The fourth-order valence-corrected chi connectivity index (χ4v) is 11.8. The minimum absolute atomic E-state index is 0.00701. The first kappa shape index (κ1) is 31.6. The number of hydrogen-bond donors (Lipinski definition) is 5.